The zero-order chi connectivity index (χ0) is 23.7. The molecule has 32 heavy (non-hydrogen) atoms. The van der Waals surface area contributed by atoms with Crippen LogP contribution in [0.1, 0.15) is 37.8 Å². The van der Waals surface area contributed by atoms with Crippen LogP contribution in [0.2, 0.25) is 5.02 Å². The van der Waals surface area contributed by atoms with Crippen LogP contribution in [-0.2, 0) is 26.2 Å². The van der Waals surface area contributed by atoms with Crippen molar-refractivity contribution in [2.45, 2.75) is 38.8 Å². The van der Waals surface area contributed by atoms with E-state index in [0.29, 0.717) is 16.6 Å². The Kier molecular flexibility index (Phi) is 6.97. The second kappa shape index (κ2) is 9.21. The molecular weight excluding hydrogens is 450 g/mol. The van der Waals surface area contributed by atoms with Crippen LogP contribution >= 0.6 is 11.6 Å². The molecule has 3 rings (SSSR count). The predicted octanol–water partition coefficient (Wildman–Crippen LogP) is 3.15. The van der Waals surface area contributed by atoms with E-state index in [2.05, 4.69) is 19.2 Å². The molecule has 2 amide bonds. The average Bonchev–Trinajstić information content (AvgIpc) is 2.72. The maximum atomic E-state index is 13.4. The summed E-state index contributed by atoms with van der Waals surface area (Å²) in [4.78, 5) is 27.9. The van der Waals surface area contributed by atoms with Crippen molar-refractivity contribution in [1.82, 2.24) is 9.62 Å². The summed E-state index contributed by atoms with van der Waals surface area (Å²) in [5.74, 6) is -0.582. The SMILES string of the molecule is CC(C)c1ccc(N2C(=O)CN(S(C)(=O)=O)C[C@]2(C)C(=O)NCc2ccc(Cl)cc2)cc1. The second-order valence-corrected chi connectivity index (χ2v) is 11.0. The number of anilines is 1. The minimum atomic E-state index is -3.67. The van der Waals surface area contributed by atoms with Crippen LogP contribution in [0, 0.1) is 0 Å². The Morgan fingerprint density at radius 3 is 2.25 bits per heavy atom. The topological polar surface area (TPSA) is 86.8 Å². The molecular formula is C23H28ClN3O4S. The fourth-order valence-corrected chi connectivity index (χ4v) is 4.74. The highest BCUT2D eigenvalue weighted by Crippen LogP contribution is 2.31. The van der Waals surface area contributed by atoms with Crippen LogP contribution in [0.15, 0.2) is 48.5 Å². The number of carbonyl (C=O) groups excluding carboxylic acids is 2. The number of piperazine rings is 1. The quantitative estimate of drug-likeness (QED) is 0.692. The zero-order valence-corrected chi connectivity index (χ0v) is 20.2. The number of amides is 2. The van der Waals surface area contributed by atoms with Gasteiger partial charge in [-0.05, 0) is 48.2 Å². The van der Waals surface area contributed by atoms with E-state index in [9.17, 15) is 18.0 Å². The lowest BCUT2D eigenvalue weighted by molar-refractivity contribution is -0.133. The molecule has 7 nitrogen and oxygen atoms in total. The minimum Gasteiger partial charge on any atom is -0.350 e. The van der Waals surface area contributed by atoms with E-state index in [1.165, 1.54) is 4.90 Å². The van der Waals surface area contributed by atoms with Gasteiger partial charge in [0.05, 0.1) is 12.8 Å². The summed E-state index contributed by atoms with van der Waals surface area (Å²) in [5.41, 5.74) is 1.06. The van der Waals surface area contributed by atoms with Crippen LogP contribution in [-0.4, -0.2) is 49.4 Å². The Balaban J connectivity index is 1.94. The van der Waals surface area contributed by atoms with Crippen LogP contribution in [0.5, 0.6) is 0 Å². The van der Waals surface area contributed by atoms with Crippen molar-refractivity contribution in [2.24, 2.45) is 0 Å². The lowest BCUT2D eigenvalue weighted by Crippen LogP contribution is -2.70. The van der Waals surface area contributed by atoms with Gasteiger partial charge in [-0.15, -0.1) is 0 Å². The molecule has 0 spiro atoms. The number of benzene rings is 2. The first-order chi connectivity index (χ1) is 14.9. The second-order valence-electron chi connectivity index (χ2n) is 8.59. The highest BCUT2D eigenvalue weighted by Gasteiger charge is 2.50. The maximum Gasteiger partial charge on any atom is 0.247 e. The van der Waals surface area contributed by atoms with E-state index in [0.717, 1.165) is 21.7 Å². The summed E-state index contributed by atoms with van der Waals surface area (Å²) in [6, 6.07) is 14.5. The van der Waals surface area contributed by atoms with Gasteiger partial charge in [0.15, 0.2) is 0 Å². The van der Waals surface area contributed by atoms with Gasteiger partial charge < -0.3 is 5.32 Å². The molecule has 0 bridgehead atoms. The van der Waals surface area contributed by atoms with Gasteiger partial charge in [-0.2, -0.15) is 4.31 Å². The van der Waals surface area contributed by atoms with Gasteiger partial charge in [0.1, 0.15) is 5.54 Å². The summed E-state index contributed by atoms with van der Waals surface area (Å²) in [7, 11) is -3.67. The third-order valence-corrected chi connectivity index (χ3v) is 7.13. The van der Waals surface area contributed by atoms with Gasteiger partial charge in [0, 0.05) is 23.8 Å². The standard InChI is InChI=1S/C23H28ClN3O4S/c1-16(2)18-7-11-20(12-8-18)27-21(28)14-26(32(4,30)31)15-23(27,3)22(29)25-13-17-5-9-19(24)10-6-17/h5-12,16H,13-15H2,1-4H3,(H,25,29)/t23-/m1/s1. The number of hydrogen-bond acceptors (Lipinski definition) is 4. The van der Waals surface area contributed by atoms with Crippen molar-refractivity contribution >= 4 is 39.1 Å². The van der Waals surface area contributed by atoms with Crippen LogP contribution in [0.25, 0.3) is 0 Å². The van der Waals surface area contributed by atoms with Crippen molar-refractivity contribution in [2.75, 3.05) is 24.2 Å². The number of nitrogens with zero attached hydrogens (tertiary/aromatic N) is 2. The molecule has 1 aliphatic rings. The van der Waals surface area contributed by atoms with Crippen LogP contribution in [0.4, 0.5) is 5.69 Å². The van der Waals surface area contributed by atoms with Crippen molar-refractivity contribution in [3.63, 3.8) is 0 Å². The molecule has 0 unspecified atom stereocenters. The molecule has 172 valence electrons. The molecule has 9 heteroatoms. The summed E-state index contributed by atoms with van der Waals surface area (Å²) in [5, 5.41) is 3.44. The Labute approximate surface area is 194 Å². The van der Waals surface area contributed by atoms with Gasteiger partial charge in [-0.1, -0.05) is 49.7 Å². The maximum absolute atomic E-state index is 13.4. The van der Waals surface area contributed by atoms with E-state index in [-0.39, 0.29) is 19.6 Å². The van der Waals surface area contributed by atoms with Crippen LogP contribution < -0.4 is 10.2 Å². The number of carbonyl (C=O) groups is 2. The summed E-state index contributed by atoms with van der Waals surface area (Å²) < 4.78 is 25.5. The highest BCUT2D eigenvalue weighted by atomic mass is 35.5. The van der Waals surface area contributed by atoms with Gasteiger partial charge in [0.2, 0.25) is 21.8 Å². The van der Waals surface area contributed by atoms with Gasteiger partial charge >= 0.3 is 0 Å². The Bertz CT molecular complexity index is 1100. The zero-order valence-electron chi connectivity index (χ0n) is 18.6. The lowest BCUT2D eigenvalue weighted by Gasteiger charge is -2.46. The van der Waals surface area contributed by atoms with Gasteiger partial charge in [-0.25, -0.2) is 8.42 Å². The van der Waals surface area contributed by atoms with Gasteiger partial charge in [0.25, 0.3) is 0 Å². The predicted molar refractivity (Wildman–Crippen MR) is 126 cm³/mol. The molecule has 1 saturated heterocycles. The molecule has 0 saturated carbocycles. The van der Waals surface area contributed by atoms with Crippen molar-refractivity contribution in [3.8, 4) is 0 Å². The Morgan fingerprint density at radius 2 is 1.72 bits per heavy atom. The third-order valence-electron chi connectivity index (χ3n) is 5.68. The first-order valence-electron chi connectivity index (χ1n) is 10.3. The summed E-state index contributed by atoms with van der Waals surface area (Å²) >= 11 is 5.92. The molecule has 1 heterocycles. The first-order valence-corrected chi connectivity index (χ1v) is 12.6. The highest BCUT2D eigenvalue weighted by molar-refractivity contribution is 7.88. The van der Waals surface area contributed by atoms with Crippen molar-refractivity contribution < 1.29 is 18.0 Å². The van der Waals surface area contributed by atoms with Crippen molar-refractivity contribution in [3.05, 3.63) is 64.7 Å². The smallest absolute Gasteiger partial charge is 0.247 e. The molecule has 2 aromatic rings. The molecule has 0 aromatic heterocycles. The van der Waals surface area contributed by atoms with Gasteiger partial charge in [-0.3, -0.25) is 14.5 Å². The van der Waals surface area contributed by atoms with E-state index >= 15 is 0 Å². The molecule has 1 fully saturated rings. The van der Waals surface area contributed by atoms with E-state index in [4.69, 9.17) is 11.6 Å². The van der Waals surface area contributed by atoms with Crippen LogP contribution in [0.3, 0.4) is 0 Å². The fourth-order valence-electron chi connectivity index (χ4n) is 3.79. The lowest BCUT2D eigenvalue weighted by atomic mass is 9.93. The molecule has 1 atom stereocenters. The molecule has 2 aromatic carbocycles. The van der Waals surface area contributed by atoms with E-state index < -0.39 is 27.4 Å². The Hall–Kier alpha value is -2.42. The number of hydrogen-bond donors (Lipinski definition) is 1. The van der Waals surface area contributed by atoms with E-state index in [1.54, 1.807) is 43.3 Å². The first kappa shape index (κ1) is 24.2. The third kappa shape index (κ3) is 5.14. The largest absolute Gasteiger partial charge is 0.350 e. The number of rotatable bonds is 6. The molecule has 1 N–H and O–H groups in total. The molecule has 0 aliphatic carbocycles. The number of nitrogens with one attached hydrogen (secondary N) is 1. The van der Waals surface area contributed by atoms with Crippen molar-refractivity contribution in [1.29, 1.82) is 0 Å². The minimum absolute atomic E-state index is 0.143. The van der Waals surface area contributed by atoms with E-state index in [1.807, 2.05) is 12.1 Å². The average molecular weight is 478 g/mol. The summed E-state index contributed by atoms with van der Waals surface area (Å²) in [6.45, 7) is 5.49. The monoisotopic (exact) mass is 477 g/mol. The number of sulfonamides is 1. The molecule has 1 aliphatic heterocycles. The summed E-state index contributed by atoms with van der Waals surface area (Å²) in [6.07, 6.45) is 1.04. The Morgan fingerprint density at radius 1 is 1.12 bits per heavy atom. The molecule has 0 radical (unpaired) electrons. The number of halogens is 1. The fraction of sp³-hybridized carbons (Fsp3) is 0.391. The normalized spacial score (nSPS) is 19.9.